The molecule has 0 radical (unpaired) electrons. The van der Waals surface area contributed by atoms with Crippen molar-refractivity contribution < 1.29 is 4.79 Å². The third kappa shape index (κ3) is 4.78. The lowest BCUT2D eigenvalue weighted by atomic mass is 9.98. The molecule has 1 aliphatic rings. The van der Waals surface area contributed by atoms with E-state index in [2.05, 4.69) is 34.3 Å². The van der Waals surface area contributed by atoms with Gasteiger partial charge in [-0.3, -0.25) is 14.7 Å². The molecule has 0 aromatic carbocycles. The van der Waals surface area contributed by atoms with Crippen LogP contribution in [0, 0.1) is 5.92 Å². The average Bonchev–Trinajstić information content (AvgIpc) is 2.56. The summed E-state index contributed by atoms with van der Waals surface area (Å²) >= 11 is 0. The van der Waals surface area contributed by atoms with E-state index in [1.165, 1.54) is 5.56 Å². The van der Waals surface area contributed by atoms with Crippen LogP contribution in [0.5, 0.6) is 0 Å². The molecule has 0 aliphatic carbocycles. The van der Waals surface area contributed by atoms with Crippen molar-refractivity contribution in [3.05, 3.63) is 30.1 Å². The molecule has 22 heavy (non-hydrogen) atoms. The Hall–Kier alpha value is -1.46. The van der Waals surface area contributed by atoms with E-state index in [-0.39, 0.29) is 23.9 Å². The number of carbonyl (C=O) groups excluding carboxylic acids is 1. The van der Waals surface area contributed by atoms with Gasteiger partial charge < -0.3 is 11.1 Å². The third-order valence-electron chi connectivity index (χ3n) is 4.65. The zero-order valence-corrected chi connectivity index (χ0v) is 13.7. The summed E-state index contributed by atoms with van der Waals surface area (Å²) in [7, 11) is 0. The van der Waals surface area contributed by atoms with Gasteiger partial charge in [0.25, 0.3) is 0 Å². The molecule has 0 saturated carbocycles. The number of carbonyl (C=O) groups is 1. The Kier molecular flexibility index (Phi) is 6.34. The SMILES string of the molecule is CCC(C)C(N)C(=O)NC1CCN(Cc2ccncc2)CC1. The maximum absolute atomic E-state index is 12.1. The van der Waals surface area contributed by atoms with E-state index in [1.807, 2.05) is 19.3 Å². The lowest BCUT2D eigenvalue weighted by Crippen LogP contribution is -2.51. The van der Waals surface area contributed by atoms with Gasteiger partial charge >= 0.3 is 0 Å². The highest BCUT2D eigenvalue weighted by Crippen LogP contribution is 2.14. The fourth-order valence-corrected chi connectivity index (χ4v) is 2.79. The summed E-state index contributed by atoms with van der Waals surface area (Å²) in [4.78, 5) is 18.6. The van der Waals surface area contributed by atoms with Crippen molar-refractivity contribution in [1.29, 1.82) is 0 Å². The van der Waals surface area contributed by atoms with Gasteiger partial charge in [-0.05, 0) is 36.5 Å². The summed E-state index contributed by atoms with van der Waals surface area (Å²) in [6.45, 7) is 7.06. The second kappa shape index (κ2) is 8.25. The smallest absolute Gasteiger partial charge is 0.237 e. The van der Waals surface area contributed by atoms with Crippen molar-refractivity contribution in [2.24, 2.45) is 11.7 Å². The molecule has 1 aromatic rings. The summed E-state index contributed by atoms with van der Waals surface area (Å²) in [6.07, 6.45) is 6.57. The highest BCUT2D eigenvalue weighted by Gasteiger charge is 2.25. The topological polar surface area (TPSA) is 71.2 Å². The summed E-state index contributed by atoms with van der Waals surface area (Å²) < 4.78 is 0. The monoisotopic (exact) mass is 304 g/mol. The molecule has 5 heteroatoms. The Bertz CT molecular complexity index is 457. The van der Waals surface area contributed by atoms with Gasteiger partial charge in [0.05, 0.1) is 6.04 Å². The van der Waals surface area contributed by atoms with E-state index < -0.39 is 0 Å². The third-order valence-corrected chi connectivity index (χ3v) is 4.65. The van der Waals surface area contributed by atoms with Crippen molar-refractivity contribution in [3.63, 3.8) is 0 Å². The van der Waals surface area contributed by atoms with Crippen LogP contribution < -0.4 is 11.1 Å². The van der Waals surface area contributed by atoms with E-state index in [0.29, 0.717) is 0 Å². The van der Waals surface area contributed by atoms with Gasteiger partial charge in [0.2, 0.25) is 5.91 Å². The van der Waals surface area contributed by atoms with Crippen molar-refractivity contribution >= 4 is 5.91 Å². The molecule has 2 unspecified atom stereocenters. The maximum atomic E-state index is 12.1. The molecule has 1 aromatic heterocycles. The Balaban J connectivity index is 1.74. The van der Waals surface area contributed by atoms with Crippen LogP contribution in [0.3, 0.4) is 0 Å². The van der Waals surface area contributed by atoms with Crippen LogP contribution in [-0.4, -0.2) is 41.0 Å². The number of hydrogen-bond acceptors (Lipinski definition) is 4. The Morgan fingerprint density at radius 2 is 2.05 bits per heavy atom. The van der Waals surface area contributed by atoms with E-state index in [1.54, 1.807) is 0 Å². The van der Waals surface area contributed by atoms with Crippen LogP contribution >= 0.6 is 0 Å². The van der Waals surface area contributed by atoms with Crippen molar-refractivity contribution in [1.82, 2.24) is 15.2 Å². The summed E-state index contributed by atoms with van der Waals surface area (Å²) in [5, 5.41) is 3.12. The number of amides is 1. The number of hydrogen-bond donors (Lipinski definition) is 2. The van der Waals surface area contributed by atoms with Crippen LogP contribution in [0.4, 0.5) is 0 Å². The minimum atomic E-state index is -0.389. The molecule has 1 amide bonds. The van der Waals surface area contributed by atoms with Crippen LogP contribution in [0.2, 0.25) is 0 Å². The average molecular weight is 304 g/mol. The fraction of sp³-hybridized carbons (Fsp3) is 0.647. The molecule has 0 bridgehead atoms. The molecule has 0 spiro atoms. The molecule has 122 valence electrons. The predicted molar refractivity (Wildman–Crippen MR) is 88.1 cm³/mol. The first-order valence-electron chi connectivity index (χ1n) is 8.27. The zero-order valence-electron chi connectivity index (χ0n) is 13.7. The van der Waals surface area contributed by atoms with Gasteiger partial charge in [-0.1, -0.05) is 20.3 Å². The molecular weight excluding hydrogens is 276 g/mol. The number of likely N-dealkylation sites (tertiary alicyclic amines) is 1. The molecule has 1 aliphatic heterocycles. The normalized spacial score (nSPS) is 19.6. The maximum Gasteiger partial charge on any atom is 0.237 e. The number of piperidine rings is 1. The second-order valence-corrected chi connectivity index (χ2v) is 6.33. The summed E-state index contributed by atoms with van der Waals surface area (Å²) in [5.74, 6) is 0.230. The summed E-state index contributed by atoms with van der Waals surface area (Å²) in [6, 6.07) is 3.98. The van der Waals surface area contributed by atoms with E-state index in [4.69, 9.17) is 5.73 Å². The molecular formula is C17H28N4O. The van der Waals surface area contributed by atoms with Gasteiger partial charge in [-0.15, -0.1) is 0 Å². The molecule has 2 rings (SSSR count). The van der Waals surface area contributed by atoms with Crippen molar-refractivity contribution in [2.45, 2.75) is 51.7 Å². The largest absolute Gasteiger partial charge is 0.352 e. The predicted octanol–water partition coefficient (Wildman–Crippen LogP) is 1.54. The highest BCUT2D eigenvalue weighted by molar-refractivity contribution is 5.82. The molecule has 1 fully saturated rings. The van der Waals surface area contributed by atoms with Crippen molar-refractivity contribution in [3.8, 4) is 0 Å². The molecule has 5 nitrogen and oxygen atoms in total. The van der Waals surface area contributed by atoms with Crippen LogP contribution in [0.25, 0.3) is 0 Å². The fourth-order valence-electron chi connectivity index (χ4n) is 2.79. The number of rotatable bonds is 6. The van der Waals surface area contributed by atoms with Gasteiger partial charge in [0.15, 0.2) is 0 Å². The number of pyridine rings is 1. The van der Waals surface area contributed by atoms with E-state index >= 15 is 0 Å². The number of nitrogens with zero attached hydrogens (tertiary/aromatic N) is 2. The number of nitrogens with two attached hydrogens (primary N) is 1. The number of nitrogens with one attached hydrogen (secondary N) is 1. The quantitative estimate of drug-likeness (QED) is 0.836. The van der Waals surface area contributed by atoms with E-state index in [0.717, 1.165) is 38.9 Å². The van der Waals surface area contributed by atoms with Crippen LogP contribution in [-0.2, 0) is 11.3 Å². The standard InChI is InChI=1S/C17H28N4O/c1-3-13(2)16(18)17(22)20-15-6-10-21(11-7-15)12-14-4-8-19-9-5-14/h4-5,8-9,13,15-16H,3,6-7,10-12,18H2,1-2H3,(H,20,22). The highest BCUT2D eigenvalue weighted by atomic mass is 16.2. The van der Waals surface area contributed by atoms with Gasteiger partial charge in [-0.2, -0.15) is 0 Å². The van der Waals surface area contributed by atoms with Gasteiger partial charge in [0, 0.05) is 38.1 Å². The Labute approximate surface area is 133 Å². The molecule has 1 saturated heterocycles. The molecule has 3 N–H and O–H groups in total. The van der Waals surface area contributed by atoms with Crippen molar-refractivity contribution in [2.75, 3.05) is 13.1 Å². The number of aromatic nitrogens is 1. The van der Waals surface area contributed by atoms with Crippen LogP contribution in [0.1, 0.15) is 38.7 Å². The first-order valence-corrected chi connectivity index (χ1v) is 8.27. The van der Waals surface area contributed by atoms with Gasteiger partial charge in [-0.25, -0.2) is 0 Å². The Morgan fingerprint density at radius 1 is 1.41 bits per heavy atom. The lowest BCUT2D eigenvalue weighted by molar-refractivity contribution is -0.124. The lowest BCUT2D eigenvalue weighted by Gasteiger charge is -2.33. The summed E-state index contributed by atoms with van der Waals surface area (Å²) in [5.41, 5.74) is 7.28. The van der Waals surface area contributed by atoms with E-state index in [9.17, 15) is 4.79 Å². The second-order valence-electron chi connectivity index (χ2n) is 6.33. The molecule has 2 atom stereocenters. The first-order chi connectivity index (χ1) is 10.6. The Morgan fingerprint density at radius 3 is 2.64 bits per heavy atom. The first kappa shape index (κ1) is 16.9. The minimum Gasteiger partial charge on any atom is -0.352 e. The zero-order chi connectivity index (χ0) is 15.9. The molecule has 2 heterocycles. The minimum absolute atomic E-state index is 0.00179. The van der Waals surface area contributed by atoms with Crippen LogP contribution in [0.15, 0.2) is 24.5 Å². The van der Waals surface area contributed by atoms with Gasteiger partial charge in [0.1, 0.15) is 0 Å².